The van der Waals surface area contributed by atoms with E-state index >= 15 is 0 Å². The van der Waals surface area contributed by atoms with Gasteiger partial charge >= 0.3 is 6.03 Å². The summed E-state index contributed by atoms with van der Waals surface area (Å²) in [6.45, 7) is 2.27. The Kier molecular flexibility index (Phi) is 8.47. The average Bonchev–Trinajstić information content (AvgIpc) is 2.45. The van der Waals surface area contributed by atoms with Crippen LogP contribution in [0.2, 0.25) is 0 Å². The molecule has 0 aliphatic heterocycles. The second kappa shape index (κ2) is 10.2. The number of amides is 3. The molecule has 0 fully saturated rings. The van der Waals surface area contributed by atoms with Crippen LogP contribution in [0.5, 0.6) is 0 Å². The number of nitrogens with one attached hydrogen (secondary N) is 2. The molecule has 0 unspecified atom stereocenters. The average molecular weight is 312 g/mol. The molecule has 116 valence electrons. The standard InChI is InChI=1S/C15H22ClN3O2/c1-19(12-13-6-3-2-4-7-13)11-5-10-17-15(21)18-14(20)8-9-16/h2-4,6-7H,5,8-12H2,1H3,(H2,17,18,20,21). The van der Waals surface area contributed by atoms with E-state index in [1.165, 1.54) is 5.56 Å². The quantitative estimate of drug-likeness (QED) is 0.570. The molecule has 1 aromatic rings. The number of carbonyl (C=O) groups is 2. The first-order chi connectivity index (χ1) is 10.1. The van der Waals surface area contributed by atoms with Gasteiger partial charge in [-0.25, -0.2) is 4.79 Å². The van der Waals surface area contributed by atoms with Crippen molar-refractivity contribution in [1.82, 2.24) is 15.5 Å². The molecule has 0 saturated carbocycles. The Labute approximate surface area is 130 Å². The van der Waals surface area contributed by atoms with Gasteiger partial charge in [0, 0.05) is 25.4 Å². The topological polar surface area (TPSA) is 61.4 Å². The molecular formula is C15H22ClN3O2. The summed E-state index contributed by atoms with van der Waals surface area (Å²) in [5.74, 6) is -0.146. The minimum Gasteiger partial charge on any atom is -0.338 e. The van der Waals surface area contributed by atoms with Crippen molar-refractivity contribution in [2.24, 2.45) is 0 Å². The fourth-order valence-corrected chi connectivity index (χ4v) is 2.02. The second-order valence-electron chi connectivity index (χ2n) is 4.82. The van der Waals surface area contributed by atoms with Crippen LogP contribution < -0.4 is 10.6 Å². The van der Waals surface area contributed by atoms with Gasteiger partial charge in [0.25, 0.3) is 0 Å². The van der Waals surface area contributed by atoms with Crippen molar-refractivity contribution in [3.05, 3.63) is 35.9 Å². The highest BCUT2D eigenvalue weighted by molar-refractivity contribution is 6.19. The van der Waals surface area contributed by atoms with Gasteiger partial charge in [-0.15, -0.1) is 11.6 Å². The van der Waals surface area contributed by atoms with Crippen LogP contribution in [0.3, 0.4) is 0 Å². The number of halogens is 1. The van der Waals surface area contributed by atoms with Crippen LogP contribution >= 0.6 is 11.6 Å². The summed E-state index contributed by atoms with van der Waals surface area (Å²) < 4.78 is 0. The summed E-state index contributed by atoms with van der Waals surface area (Å²) in [7, 11) is 2.04. The highest BCUT2D eigenvalue weighted by Crippen LogP contribution is 2.02. The number of imide groups is 1. The molecule has 0 aromatic heterocycles. The van der Waals surface area contributed by atoms with Crippen molar-refractivity contribution in [3.8, 4) is 0 Å². The van der Waals surface area contributed by atoms with Gasteiger partial charge in [-0.1, -0.05) is 30.3 Å². The van der Waals surface area contributed by atoms with Crippen molar-refractivity contribution < 1.29 is 9.59 Å². The number of nitrogens with zero attached hydrogens (tertiary/aromatic N) is 1. The molecule has 0 saturated heterocycles. The summed E-state index contributed by atoms with van der Waals surface area (Å²) in [6, 6.07) is 9.75. The van der Waals surface area contributed by atoms with Crippen LogP contribution in [-0.2, 0) is 11.3 Å². The van der Waals surface area contributed by atoms with Crippen LogP contribution in [0.1, 0.15) is 18.4 Å². The maximum absolute atomic E-state index is 11.4. The van der Waals surface area contributed by atoms with Gasteiger partial charge in [-0.05, 0) is 25.6 Å². The lowest BCUT2D eigenvalue weighted by molar-refractivity contribution is -0.119. The third-order valence-electron chi connectivity index (χ3n) is 2.87. The minimum atomic E-state index is -0.462. The van der Waals surface area contributed by atoms with Crippen LogP contribution in [0, 0.1) is 0 Å². The maximum atomic E-state index is 11.4. The van der Waals surface area contributed by atoms with Gasteiger partial charge < -0.3 is 10.2 Å². The summed E-state index contributed by atoms with van der Waals surface area (Å²) in [5.41, 5.74) is 1.26. The maximum Gasteiger partial charge on any atom is 0.321 e. The first-order valence-corrected chi connectivity index (χ1v) is 7.51. The van der Waals surface area contributed by atoms with Gasteiger partial charge in [-0.3, -0.25) is 10.1 Å². The molecule has 21 heavy (non-hydrogen) atoms. The van der Waals surface area contributed by atoms with Crippen molar-refractivity contribution in [3.63, 3.8) is 0 Å². The van der Waals surface area contributed by atoms with Crippen molar-refractivity contribution in [2.45, 2.75) is 19.4 Å². The smallest absolute Gasteiger partial charge is 0.321 e. The van der Waals surface area contributed by atoms with Gasteiger partial charge in [0.15, 0.2) is 0 Å². The van der Waals surface area contributed by atoms with Gasteiger partial charge in [0.05, 0.1) is 0 Å². The fraction of sp³-hybridized carbons (Fsp3) is 0.467. The largest absolute Gasteiger partial charge is 0.338 e. The zero-order valence-corrected chi connectivity index (χ0v) is 13.0. The minimum absolute atomic E-state index is 0.148. The van der Waals surface area contributed by atoms with Crippen molar-refractivity contribution >= 4 is 23.5 Å². The van der Waals surface area contributed by atoms with E-state index in [1.54, 1.807) is 0 Å². The molecule has 1 rings (SSSR count). The van der Waals surface area contributed by atoms with E-state index in [0.29, 0.717) is 6.54 Å². The fourth-order valence-electron chi connectivity index (χ4n) is 1.84. The molecule has 0 atom stereocenters. The lowest BCUT2D eigenvalue weighted by Gasteiger charge is -2.16. The van der Waals surface area contributed by atoms with Gasteiger partial charge in [-0.2, -0.15) is 0 Å². The first-order valence-electron chi connectivity index (χ1n) is 6.98. The molecule has 3 amide bonds. The molecule has 0 bridgehead atoms. The van der Waals surface area contributed by atoms with Gasteiger partial charge in [0.1, 0.15) is 0 Å². The predicted molar refractivity (Wildman–Crippen MR) is 84.3 cm³/mol. The van der Waals surface area contributed by atoms with Crippen molar-refractivity contribution in [1.29, 1.82) is 0 Å². The van der Waals surface area contributed by atoms with Gasteiger partial charge in [0.2, 0.25) is 5.91 Å². The van der Waals surface area contributed by atoms with E-state index < -0.39 is 6.03 Å². The van der Waals surface area contributed by atoms with Crippen LogP contribution in [0.25, 0.3) is 0 Å². The predicted octanol–water partition coefficient (Wildman–Crippen LogP) is 1.96. The number of rotatable bonds is 8. The summed E-state index contributed by atoms with van der Waals surface area (Å²) in [5, 5.41) is 4.87. The summed E-state index contributed by atoms with van der Waals surface area (Å²) in [6.07, 6.45) is 0.967. The number of carbonyl (C=O) groups excluding carboxylic acids is 2. The molecule has 1 aromatic carbocycles. The van der Waals surface area contributed by atoms with E-state index in [9.17, 15) is 9.59 Å². The zero-order chi connectivity index (χ0) is 15.5. The molecule has 6 heteroatoms. The Hall–Kier alpha value is -1.59. The van der Waals surface area contributed by atoms with Crippen LogP contribution in [0.4, 0.5) is 4.79 Å². The molecule has 0 spiro atoms. The molecule has 2 N–H and O–H groups in total. The number of hydrogen-bond acceptors (Lipinski definition) is 3. The van der Waals surface area contributed by atoms with E-state index in [1.807, 2.05) is 25.2 Å². The highest BCUT2D eigenvalue weighted by atomic mass is 35.5. The Morgan fingerprint density at radius 2 is 1.95 bits per heavy atom. The normalized spacial score (nSPS) is 10.4. The Morgan fingerprint density at radius 1 is 1.24 bits per heavy atom. The molecule has 0 radical (unpaired) electrons. The summed E-state index contributed by atoms with van der Waals surface area (Å²) >= 11 is 5.41. The third kappa shape index (κ3) is 8.32. The number of hydrogen-bond donors (Lipinski definition) is 2. The number of alkyl halides is 1. The van der Waals surface area contributed by atoms with Crippen molar-refractivity contribution in [2.75, 3.05) is 26.0 Å². The lowest BCUT2D eigenvalue weighted by atomic mass is 10.2. The lowest BCUT2D eigenvalue weighted by Crippen LogP contribution is -2.40. The molecule has 5 nitrogen and oxygen atoms in total. The SMILES string of the molecule is CN(CCCNC(=O)NC(=O)CCCl)Cc1ccccc1. The second-order valence-corrected chi connectivity index (χ2v) is 5.20. The van der Waals surface area contributed by atoms with Crippen LogP contribution in [-0.4, -0.2) is 42.9 Å². The molecule has 0 aliphatic carbocycles. The monoisotopic (exact) mass is 311 g/mol. The third-order valence-corrected chi connectivity index (χ3v) is 3.06. The molecule has 0 aliphatic rings. The summed E-state index contributed by atoms with van der Waals surface area (Å²) in [4.78, 5) is 24.7. The Bertz CT molecular complexity index is 440. The molecular weight excluding hydrogens is 290 g/mol. The number of benzene rings is 1. The Morgan fingerprint density at radius 3 is 2.62 bits per heavy atom. The van der Waals surface area contributed by atoms with E-state index in [4.69, 9.17) is 11.6 Å². The first kappa shape index (κ1) is 17.5. The highest BCUT2D eigenvalue weighted by Gasteiger charge is 2.06. The van der Waals surface area contributed by atoms with E-state index in [-0.39, 0.29) is 18.2 Å². The van der Waals surface area contributed by atoms with E-state index in [0.717, 1.165) is 19.5 Å². The molecule has 0 heterocycles. The van der Waals surface area contributed by atoms with E-state index in [2.05, 4.69) is 27.7 Å². The number of urea groups is 1. The zero-order valence-electron chi connectivity index (χ0n) is 12.3. The van der Waals surface area contributed by atoms with Crippen LogP contribution in [0.15, 0.2) is 30.3 Å². The Balaban J connectivity index is 2.10.